The van der Waals surface area contributed by atoms with E-state index in [1.165, 1.54) is 11.8 Å². The Bertz CT molecular complexity index is 524. The molecule has 4 unspecified atom stereocenters. The number of carboxylic acids is 1. The van der Waals surface area contributed by atoms with Crippen LogP contribution in [0.15, 0.2) is 0 Å². The second-order valence-electron chi connectivity index (χ2n) is 5.46. The molecule has 0 radical (unpaired) electrons. The number of carboxylic acid groups (broad SMARTS) is 1. The number of hydrogen-bond donors (Lipinski definition) is 8. The van der Waals surface area contributed by atoms with Gasteiger partial charge in [0.15, 0.2) is 0 Å². The Morgan fingerprint density at radius 3 is 1.89 bits per heavy atom. The number of hydrogen-bond acceptors (Lipinski definition) is 9. The van der Waals surface area contributed by atoms with Crippen LogP contribution in [-0.2, 0) is 19.2 Å². The van der Waals surface area contributed by atoms with Crippen molar-refractivity contribution >= 4 is 48.1 Å². The number of carbonyl (C=O) groups is 4. The summed E-state index contributed by atoms with van der Waals surface area (Å²) in [4.78, 5) is 47.0. The third-order valence-electron chi connectivity index (χ3n) is 3.40. The molecule has 13 heteroatoms. The molecule has 11 nitrogen and oxygen atoms in total. The third kappa shape index (κ3) is 9.28. The van der Waals surface area contributed by atoms with E-state index in [1.54, 1.807) is 0 Å². The number of thioether (sulfide) groups is 1. The van der Waals surface area contributed by atoms with Gasteiger partial charge in [-0.05, 0) is 18.4 Å². The fraction of sp³-hybridized carbons (Fsp3) is 0.714. The van der Waals surface area contributed by atoms with Crippen LogP contribution in [0, 0.1) is 0 Å². The van der Waals surface area contributed by atoms with Gasteiger partial charge in [-0.3, -0.25) is 14.4 Å². The monoisotopic (exact) mass is 426 g/mol. The number of amides is 3. The van der Waals surface area contributed by atoms with Gasteiger partial charge in [-0.1, -0.05) is 0 Å². The molecule has 0 aromatic carbocycles. The maximum atomic E-state index is 12.2. The van der Waals surface area contributed by atoms with E-state index in [9.17, 15) is 24.3 Å². The van der Waals surface area contributed by atoms with Crippen molar-refractivity contribution in [1.82, 2.24) is 16.0 Å². The van der Waals surface area contributed by atoms with Gasteiger partial charge in [-0.25, -0.2) is 4.79 Å². The van der Waals surface area contributed by atoms with Gasteiger partial charge in [0.25, 0.3) is 0 Å². The molecule has 0 fully saturated rings. The molecule has 0 heterocycles. The molecule has 8 N–H and O–H groups in total. The first-order valence-electron chi connectivity index (χ1n) is 7.92. The quantitative estimate of drug-likeness (QED) is 0.138. The molecule has 4 atom stereocenters. The molecule has 0 bridgehead atoms. The Morgan fingerprint density at radius 1 is 0.963 bits per heavy atom. The van der Waals surface area contributed by atoms with Gasteiger partial charge in [-0.2, -0.15) is 24.4 Å². The number of thiol groups is 1. The van der Waals surface area contributed by atoms with Crippen LogP contribution in [0.1, 0.15) is 6.42 Å². The first-order chi connectivity index (χ1) is 12.7. The van der Waals surface area contributed by atoms with Gasteiger partial charge in [-0.15, -0.1) is 0 Å². The molecule has 27 heavy (non-hydrogen) atoms. The predicted octanol–water partition coefficient (Wildman–Crippen LogP) is -3.48. The zero-order valence-corrected chi connectivity index (χ0v) is 16.5. The van der Waals surface area contributed by atoms with Gasteiger partial charge in [0.1, 0.15) is 18.1 Å². The minimum absolute atomic E-state index is 0.186. The fourth-order valence-corrected chi connectivity index (χ4v) is 2.52. The molecular formula is C14H26N4O7S2. The fourth-order valence-electron chi connectivity index (χ4n) is 1.77. The topological polar surface area (TPSA) is 191 Å². The number of aliphatic hydroxyl groups excluding tert-OH is 2. The molecule has 0 saturated carbocycles. The van der Waals surface area contributed by atoms with Crippen molar-refractivity contribution in [1.29, 1.82) is 0 Å². The van der Waals surface area contributed by atoms with Crippen LogP contribution in [0.25, 0.3) is 0 Å². The minimum Gasteiger partial charge on any atom is -0.480 e. The highest BCUT2D eigenvalue weighted by Gasteiger charge is 2.29. The van der Waals surface area contributed by atoms with Crippen molar-refractivity contribution in [2.24, 2.45) is 5.73 Å². The first kappa shape index (κ1) is 25.5. The molecule has 156 valence electrons. The van der Waals surface area contributed by atoms with Gasteiger partial charge in [0.2, 0.25) is 17.7 Å². The average Bonchev–Trinajstić information content (AvgIpc) is 2.65. The molecule has 0 rings (SSSR count). The van der Waals surface area contributed by atoms with Gasteiger partial charge in [0.05, 0.1) is 19.3 Å². The van der Waals surface area contributed by atoms with E-state index >= 15 is 0 Å². The van der Waals surface area contributed by atoms with Crippen LogP contribution in [0.4, 0.5) is 0 Å². The van der Waals surface area contributed by atoms with Gasteiger partial charge < -0.3 is 37.0 Å². The van der Waals surface area contributed by atoms with Crippen molar-refractivity contribution in [3.05, 3.63) is 0 Å². The van der Waals surface area contributed by atoms with E-state index in [0.717, 1.165) is 0 Å². The van der Waals surface area contributed by atoms with Gasteiger partial charge in [0, 0.05) is 5.75 Å². The van der Waals surface area contributed by atoms with Crippen LogP contribution in [0.3, 0.4) is 0 Å². The second-order valence-corrected chi connectivity index (χ2v) is 6.81. The largest absolute Gasteiger partial charge is 0.480 e. The van der Waals surface area contributed by atoms with Crippen molar-refractivity contribution in [3.63, 3.8) is 0 Å². The van der Waals surface area contributed by atoms with Crippen LogP contribution in [0.2, 0.25) is 0 Å². The van der Waals surface area contributed by atoms with Crippen LogP contribution in [0.5, 0.6) is 0 Å². The number of nitrogens with one attached hydrogen (secondary N) is 3. The molecular weight excluding hydrogens is 400 g/mol. The SMILES string of the molecule is CSCCC(N)C(=O)NC(CO)C(=O)NC(CS)C(=O)NC(CO)C(=O)O. The summed E-state index contributed by atoms with van der Waals surface area (Å²) in [5, 5.41) is 33.7. The zero-order chi connectivity index (χ0) is 21.0. The number of nitrogens with two attached hydrogens (primary N) is 1. The summed E-state index contributed by atoms with van der Waals surface area (Å²) >= 11 is 5.41. The molecule has 0 aromatic heterocycles. The average molecular weight is 427 g/mol. The molecule has 0 aliphatic carbocycles. The summed E-state index contributed by atoms with van der Waals surface area (Å²) in [6.07, 6.45) is 2.23. The summed E-state index contributed by atoms with van der Waals surface area (Å²) in [5.41, 5.74) is 5.69. The Hall–Kier alpha value is -1.54. The summed E-state index contributed by atoms with van der Waals surface area (Å²) in [7, 11) is 0. The normalized spacial score (nSPS) is 15.1. The third-order valence-corrected chi connectivity index (χ3v) is 4.41. The second kappa shape index (κ2) is 13.6. The smallest absolute Gasteiger partial charge is 0.328 e. The molecule has 0 aliphatic heterocycles. The summed E-state index contributed by atoms with van der Waals surface area (Å²) in [6.45, 7) is -1.57. The minimum atomic E-state index is -1.54. The molecule has 0 saturated heterocycles. The maximum absolute atomic E-state index is 12.2. The van der Waals surface area contributed by atoms with Crippen LogP contribution in [-0.4, -0.2) is 94.2 Å². The van der Waals surface area contributed by atoms with Gasteiger partial charge >= 0.3 is 5.97 Å². The van der Waals surface area contributed by atoms with Crippen LogP contribution < -0.4 is 21.7 Å². The molecule has 0 aliphatic rings. The van der Waals surface area contributed by atoms with E-state index < -0.39 is 61.1 Å². The highest BCUT2D eigenvalue weighted by molar-refractivity contribution is 7.98. The van der Waals surface area contributed by atoms with Crippen molar-refractivity contribution in [2.75, 3.05) is 31.0 Å². The number of aliphatic carboxylic acids is 1. The number of rotatable bonds is 13. The molecule has 0 aromatic rings. The number of carbonyl (C=O) groups excluding carboxylic acids is 3. The highest BCUT2D eigenvalue weighted by atomic mass is 32.2. The summed E-state index contributed by atoms with van der Waals surface area (Å²) < 4.78 is 0. The Kier molecular flexibility index (Phi) is 12.8. The standard InChI is InChI=1S/C14H26N4O7S2/c1-27-3-2-7(15)11(21)16-8(4-19)12(22)18-10(6-26)13(23)17-9(5-20)14(24)25/h7-10,19-20,26H,2-6,15H2,1H3,(H,16,21)(H,17,23)(H,18,22)(H,24,25). The van der Waals surface area contributed by atoms with E-state index in [0.29, 0.717) is 12.2 Å². The molecule has 3 amide bonds. The van der Waals surface area contributed by atoms with E-state index in [1.807, 2.05) is 11.6 Å². The lowest BCUT2D eigenvalue weighted by atomic mass is 10.2. The number of aliphatic hydroxyl groups is 2. The molecule has 0 spiro atoms. The Balaban J connectivity index is 4.83. The highest BCUT2D eigenvalue weighted by Crippen LogP contribution is 2.00. The Morgan fingerprint density at radius 2 is 1.44 bits per heavy atom. The lowest BCUT2D eigenvalue weighted by Crippen LogP contribution is -2.58. The van der Waals surface area contributed by atoms with E-state index in [4.69, 9.17) is 15.9 Å². The maximum Gasteiger partial charge on any atom is 0.328 e. The van der Waals surface area contributed by atoms with E-state index in [2.05, 4.69) is 23.3 Å². The lowest BCUT2D eigenvalue weighted by Gasteiger charge is -2.23. The lowest BCUT2D eigenvalue weighted by molar-refractivity contribution is -0.143. The summed E-state index contributed by atoms with van der Waals surface area (Å²) in [6, 6.07) is -4.99. The van der Waals surface area contributed by atoms with Crippen molar-refractivity contribution < 1.29 is 34.5 Å². The van der Waals surface area contributed by atoms with Crippen molar-refractivity contribution in [2.45, 2.75) is 30.6 Å². The van der Waals surface area contributed by atoms with Crippen molar-refractivity contribution in [3.8, 4) is 0 Å². The summed E-state index contributed by atoms with van der Waals surface area (Å²) in [5.74, 6) is -3.38. The predicted molar refractivity (Wildman–Crippen MR) is 102 cm³/mol. The Labute approximate surface area is 166 Å². The van der Waals surface area contributed by atoms with E-state index in [-0.39, 0.29) is 5.75 Å². The zero-order valence-electron chi connectivity index (χ0n) is 14.8. The van der Waals surface area contributed by atoms with Crippen LogP contribution >= 0.6 is 24.4 Å². The first-order valence-corrected chi connectivity index (χ1v) is 9.95.